The van der Waals surface area contributed by atoms with E-state index in [1.54, 1.807) is 13.3 Å². The van der Waals surface area contributed by atoms with Gasteiger partial charge in [0.15, 0.2) is 0 Å². The minimum atomic E-state index is -3.55. The number of pyridine rings is 1. The van der Waals surface area contributed by atoms with E-state index in [1.165, 1.54) is 29.8 Å². The van der Waals surface area contributed by atoms with Crippen LogP contribution in [0.1, 0.15) is 16.8 Å². The molecule has 0 radical (unpaired) electrons. The summed E-state index contributed by atoms with van der Waals surface area (Å²) in [4.78, 5) is 4.33. The molecule has 0 atom stereocenters. The van der Waals surface area contributed by atoms with Crippen LogP contribution in [0.25, 0.3) is 0 Å². The van der Waals surface area contributed by atoms with E-state index >= 15 is 0 Å². The summed E-state index contributed by atoms with van der Waals surface area (Å²) < 4.78 is 37.6. The highest BCUT2D eigenvalue weighted by atomic mass is 32.2. The summed E-state index contributed by atoms with van der Waals surface area (Å²) in [5.74, 6) is 0.739. The molecule has 0 saturated carbocycles. The van der Waals surface area contributed by atoms with Crippen LogP contribution in [0.3, 0.4) is 0 Å². The predicted molar refractivity (Wildman–Crippen MR) is 85.2 cm³/mol. The Morgan fingerprint density at radius 3 is 2.36 bits per heavy atom. The van der Waals surface area contributed by atoms with Crippen molar-refractivity contribution in [1.82, 2.24) is 13.6 Å². The molecular weight excluding hydrogens is 306 g/mol. The summed E-state index contributed by atoms with van der Waals surface area (Å²) in [6.07, 6.45) is 1.69. The van der Waals surface area contributed by atoms with Crippen molar-refractivity contribution in [2.45, 2.75) is 20.4 Å². The van der Waals surface area contributed by atoms with E-state index in [1.807, 2.05) is 13.8 Å². The van der Waals surface area contributed by atoms with Gasteiger partial charge in [-0.15, -0.1) is 0 Å². The van der Waals surface area contributed by atoms with Gasteiger partial charge in [-0.2, -0.15) is 17.0 Å². The molecule has 22 heavy (non-hydrogen) atoms. The summed E-state index contributed by atoms with van der Waals surface area (Å²) >= 11 is 0. The second kappa shape index (κ2) is 7.87. The molecule has 1 aromatic heterocycles. The molecule has 0 N–H and O–H groups in total. The van der Waals surface area contributed by atoms with Crippen molar-refractivity contribution in [1.29, 1.82) is 0 Å². The second-order valence-electron chi connectivity index (χ2n) is 5.12. The number of ether oxygens (including phenoxy) is 2. The van der Waals surface area contributed by atoms with Crippen LogP contribution in [0.4, 0.5) is 0 Å². The third-order valence-corrected chi connectivity index (χ3v) is 5.41. The lowest BCUT2D eigenvalue weighted by Gasteiger charge is -2.24. The maximum atomic E-state index is 12.4. The Labute approximate surface area is 133 Å². The van der Waals surface area contributed by atoms with Crippen molar-refractivity contribution >= 4 is 10.2 Å². The molecule has 0 unspecified atom stereocenters. The van der Waals surface area contributed by atoms with E-state index < -0.39 is 10.2 Å². The van der Waals surface area contributed by atoms with Crippen LogP contribution in [0.5, 0.6) is 5.75 Å². The highest BCUT2D eigenvalue weighted by Crippen LogP contribution is 2.25. The highest BCUT2D eigenvalue weighted by molar-refractivity contribution is 7.86. The van der Waals surface area contributed by atoms with Gasteiger partial charge in [0.25, 0.3) is 10.2 Å². The maximum absolute atomic E-state index is 12.4. The summed E-state index contributed by atoms with van der Waals surface area (Å²) in [7, 11) is 2.65. The lowest BCUT2D eigenvalue weighted by Crippen LogP contribution is -2.40. The van der Waals surface area contributed by atoms with Gasteiger partial charge in [-0.05, 0) is 13.8 Å². The van der Waals surface area contributed by atoms with Gasteiger partial charge in [0.2, 0.25) is 0 Å². The lowest BCUT2D eigenvalue weighted by molar-refractivity contribution is 0.183. The number of methoxy groups -OCH3 is 2. The molecule has 1 aromatic rings. The van der Waals surface area contributed by atoms with Crippen LogP contribution in [0.15, 0.2) is 6.20 Å². The molecule has 7 nitrogen and oxygen atoms in total. The SMILES string of the molecule is COCCN(C)S(=O)(=O)N(C)Cc1ncc(C)c(OC)c1C. The van der Waals surface area contributed by atoms with Crippen LogP contribution >= 0.6 is 0 Å². The quantitative estimate of drug-likeness (QED) is 0.709. The number of aromatic nitrogens is 1. The van der Waals surface area contributed by atoms with E-state index in [4.69, 9.17) is 9.47 Å². The topological polar surface area (TPSA) is 72.0 Å². The summed E-state index contributed by atoms with van der Waals surface area (Å²) in [6.45, 7) is 4.61. The molecule has 0 aromatic carbocycles. The van der Waals surface area contributed by atoms with E-state index in [0.29, 0.717) is 18.8 Å². The molecule has 0 aliphatic heterocycles. The Morgan fingerprint density at radius 1 is 1.18 bits per heavy atom. The van der Waals surface area contributed by atoms with Crippen molar-refractivity contribution in [2.24, 2.45) is 0 Å². The average Bonchev–Trinajstić information content (AvgIpc) is 2.47. The summed E-state index contributed by atoms with van der Waals surface area (Å²) in [6, 6.07) is 0. The maximum Gasteiger partial charge on any atom is 0.281 e. The van der Waals surface area contributed by atoms with Crippen molar-refractivity contribution < 1.29 is 17.9 Å². The number of likely N-dealkylation sites (N-methyl/N-ethyl adjacent to an activating group) is 1. The van der Waals surface area contributed by atoms with E-state index in [9.17, 15) is 8.42 Å². The van der Waals surface area contributed by atoms with Crippen LogP contribution in [0, 0.1) is 13.8 Å². The minimum Gasteiger partial charge on any atom is -0.496 e. The first-order valence-corrected chi connectivity index (χ1v) is 8.31. The molecule has 8 heteroatoms. The largest absolute Gasteiger partial charge is 0.496 e. The first-order chi connectivity index (χ1) is 10.3. The normalized spacial score (nSPS) is 12.2. The molecular formula is C14H25N3O4S. The smallest absolute Gasteiger partial charge is 0.281 e. The number of hydrogen-bond acceptors (Lipinski definition) is 5. The molecule has 0 fully saturated rings. The first-order valence-electron chi connectivity index (χ1n) is 6.91. The summed E-state index contributed by atoms with van der Waals surface area (Å²) in [5, 5.41) is 0. The number of hydrogen-bond donors (Lipinski definition) is 0. The zero-order chi connectivity index (χ0) is 16.9. The van der Waals surface area contributed by atoms with Crippen LogP contribution < -0.4 is 4.74 Å². The van der Waals surface area contributed by atoms with Gasteiger partial charge in [0, 0.05) is 45.1 Å². The fraction of sp³-hybridized carbons (Fsp3) is 0.643. The van der Waals surface area contributed by atoms with E-state index in [0.717, 1.165) is 16.9 Å². The molecule has 0 amide bonds. The summed E-state index contributed by atoms with van der Waals surface area (Å²) in [5.41, 5.74) is 2.45. The lowest BCUT2D eigenvalue weighted by atomic mass is 10.1. The molecule has 126 valence electrons. The number of nitrogens with zero attached hydrogens (tertiary/aromatic N) is 3. The first kappa shape index (κ1) is 18.8. The minimum absolute atomic E-state index is 0.183. The molecule has 1 heterocycles. The van der Waals surface area contributed by atoms with Gasteiger partial charge >= 0.3 is 0 Å². The molecule has 0 saturated heterocycles. The number of rotatable bonds is 8. The average molecular weight is 331 g/mol. The van der Waals surface area contributed by atoms with Crippen LogP contribution in [0.2, 0.25) is 0 Å². The monoisotopic (exact) mass is 331 g/mol. The van der Waals surface area contributed by atoms with E-state index in [-0.39, 0.29) is 6.54 Å². The van der Waals surface area contributed by atoms with Crippen LogP contribution in [-0.2, 0) is 21.5 Å². The third kappa shape index (κ3) is 4.16. The molecule has 1 rings (SSSR count). The van der Waals surface area contributed by atoms with Crippen molar-refractivity contribution in [3.63, 3.8) is 0 Å². The number of aryl methyl sites for hydroxylation is 1. The Morgan fingerprint density at radius 2 is 1.82 bits per heavy atom. The zero-order valence-corrected chi connectivity index (χ0v) is 14.9. The molecule has 0 aliphatic carbocycles. The zero-order valence-electron chi connectivity index (χ0n) is 14.1. The van der Waals surface area contributed by atoms with Crippen LogP contribution in [-0.4, -0.2) is 63.5 Å². The fourth-order valence-corrected chi connectivity index (χ4v) is 3.16. The molecule has 0 spiro atoms. The fourth-order valence-electron chi connectivity index (χ4n) is 2.10. The predicted octanol–water partition coefficient (Wildman–Crippen LogP) is 0.962. The third-order valence-electron chi connectivity index (χ3n) is 3.52. The van der Waals surface area contributed by atoms with E-state index in [2.05, 4.69) is 4.98 Å². The van der Waals surface area contributed by atoms with Crippen molar-refractivity contribution in [3.05, 3.63) is 23.0 Å². The highest BCUT2D eigenvalue weighted by Gasteiger charge is 2.24. The van der Waals surface area contributed by atoms with Gasteiger partial charge in [0.1, 0.15) is 5.75 Å². The van der Waals surface area contributed by atoms with Gasteiger partial charge < -0.3 is 9.47 Å². The van der Waals surface area contributed by atoms with Crippen molar-refractivity contribution in [2.75, 3.05) is 41.5 Å². The van der Waals surface area contributed by atoms with Gasteiger partial charge in [0.05, 0.1) is 26.0 Å². The Kier molecular flexibility index (Phi) is 6.73. The van der Waals surface area contributed by atoms with Gasteiger partial charge in [-0.25, -0.2) is 0 Å². The molecule has 0 aliphatic rings. The van der Waals surface area contributed by atoms with Gasteiger partial charge in [-0.3, -0.25) is 4.98 Å². The Hall–Kier alpha value is -1.22. The standard InChI is InChI=1S/C14H25N3O4S/c1-11-9-15-13(12(2)14(11)21-6)10-17(4)22(18,19)16(3)7-8-20-5/h9H,7-8,10H2,1-6H3. The van der Waals surface area contributed by atoms with Gasteiger partial charge in [-0.1, -0.05) is 0 Å². The molecule has 0 bridgehead atoms. The van der Waals surface area contributed by atoms with Crippen molar-refractivity contribution in [3.8, 4) is 5.75 Å². The second-order valence-corrected chi connectivity index (χ2v) is 7.27. The Bertz CT molecular complexity index is 604. The Balaban J connectivity index is 2.95.